The number of hydrogen-bond acceptors (Lipinski definition) is 5. The molecule has 0 saturated heterocycles. The molecule has 0 aliphatic rings. The first-order valence-electron chi connectivity index (χ1n) is 10.8. The molecule has 33 heavy (non-hydrogen) atoms. The minimum absolute atomic E-state index is 0.0432. The van der Waals surface area contributed by atoms with Gasteiger partial charge < -0.3 is 11.1 Å². The highest BCUT2D eigenvalue weighted by Crippen LogP contribution is 2.33. The van der Waals surface area contributed by atoms with E-state index in [1.165, 1.54) is 0 Å². The molecule has 0 unspecified atom stereocenters. The lowest BCUT2D eigenvalue weighted by atomic mass is 9.87. The molecular weight excluding hydrogens is 445 g/mol. The third-order valence-electron chi connectivity index (χ3n) is 5.70. The number of nitrogens with one attached hydrogen (secondary N) is 1. The maximum atomic E-state index is 12.9. The minimum atomic E-state index is -4.34. The van der Waals surface area contributed by atoms with Crippen molar-refractivity contribution in [2.75, 3.05) is 11.9 Å². The first kappa shape index (κ1) is 23.2. The molecule has 0 fully saturated rings. The van der Waals surface area contributed by atoms with E-state index in [9.17, 15) is 13.2 Å². The Morgan fingerprint density at radius 1 is 1.03 bits per heavy atom. The van der Waals surface area contributed by atoms with E-state index in [4.69, 9.17) is 5.73 Å². The quantitative estimate of drug-likeness (QED) is 0.301. The number of pyridine rings is 1. The van der Waals surface area contributed by atoms with Crippen molar-refractivity contribution in [2.45, 2.75) is 37.9 Å². The van der Waals surface area contributed by atoms with Gasteiger partial charge in [0.05, 0.1) is 10.4 Å². The number of thiazole rings is 1. The largest absolute Gasteiger partial charge is 0.416 e. The Hall–Kier alpha value is -2.97. The standard InChI is InChI=1S/C25H25F3N4S/c1-2-3-21(16-6-8-20(9-7-16)25(26,27)28)22(29)14-31-24-32-15-23(33-24)18-4-5-19-13-30-11-10-17(19)12-18/h4-13,15,21-22H,2-3,14,29H2,1H3,(H,31,32)/t21-,22-/m0/s1. The van der Waals surface area contributed by atoms with Gasteiger partial charge in [0.1, 0.15) is 0 Å². The number of anilines is 1. The average molecular weight is 471 g/mol. The molecule has 0 amide bonds. The number of aromatic nitrogens is 2. The minimum Gasteiger partial charge on any atom is -0.360 e. The van der Waals surface area contributed by atoms with Crippen LogP contribution in [0.15, 0.2) is 67.1 Å². The van der Waals surface area contributed by atoms with Crippen LogP contribution in [0, 0.1) is 0 Å². The van der Waals surface area contributed by atoms with Crippen molar-refractivity contribution in [2.24, 2.45) is 5.73 Å². The number of fused-ring (bicyclic) bond motifs is 1. The van der Waals surface area contributed by atoms with Crippen LogP contribution in [0.3, 0.4) is 0 Å². The number of nitrogens with two attached hydrogens (primary N) is 1. The number of nitrogens with zero attached hydrogens (tertiary/aromatic N) is 2. The zero-order chi connectivity index (χ0) is 23.4. The van der Waals surface area contributed by atoms with Crippen LogP contribution in [0.2, 0.25) is 0 Å². The summed E-state index contributed by atoms with van der Waals surface area (Å²) in [4.78, 5) is 9.66. The lowest BCUT2D eigenvalue weighted by molar-refractivity contribution is -0.137. The summed E-state index contributed by atoms with van der Waals surface area (Å²) in [6.45, 7) is 2.52. The van der Waals surface area contributed by atoms with E-state index < -0.39 is 11.7 Å². The number of benzene rings is 2. The Morgan fingerprint density at radius 3 is 2.55 bits per heavy atom. The van der Waals surface area contributed by atoms with Gasteiger partial charge in [-0.05, 0) is 47.2 Å². The molecule has 2 heterocycles. The summed E-state index contributed by atoms with van der Waals surface area (Å²) in [6, 6.07) is 13.3. The van der Waals surface area contributed by atoms with E-state index in [1.807, 2.05) is 31.5 Å². The first-order valence-corrected chi connectivity index (χ1v) is 11.6. The molecule has 3 N–H and O–H groups in total. The molecule has 0 saturated carbocycles. The molecule has 0 aliphatic carbocycles. The summed E-state index contributed by atoms with van der Waals surface area (Å²) in [5.41, 5.74) is 7.73. The molecular formula is C25H25F3N4S. The predicted molar refractivity (Wildman–Crippen MR) is 128 cm³/mol. The summed E-state index contributed by atoms with van der Waals surface area (Å²) in [5.74, 6) is -0.0432. The Balaban J connectivity index is 1.43. The van der Waals surface area contributed by atoms with Crippen molar-refractivity contribution in [3.63, 3.8) is 0 Å². The maximum Gasteiger partial charge on any atom is 0.416 e. The maximum absolute atomic E-state index is 12.9. The van der Waals surface area contributed by atoms with Gasteiger partial charge in [-0.2, -0.15) is 13.2 Å². The normalized spacial score (nSPS) is 13.7. The molecule has 0 radical (unpaired) electrons. The van der Waals surface area contributed by atoms with Gasteiger partial charge in [0.2, 0.25) is 0 Å². The first-order chi connectivity index (χ1) is 15.8. The zero-order valence-corrected chi connectivity index (χ0v) is 19.0. The topological polar surface area (TPSA) is 63.8 Å². The summed E-state index contributed by atoms with van der Waals surface area (Å²) in [5, 5.41) is 6.27. The van der Waals surface area contributed by atoms with Crippen molar-refractivity contribution < 1.29 is 13.2 Å². The van der Waals surface area contributed by atoms with Gasteiger partial charge >= 0.3 is 6.18 Å². The summed E-state index contributed by atoms with van der Waals surface area (Å²) < 4.78 is 38.7. The van der Waals surface area contributed by atoms with Gasteiger partial charge in [-0.3, -0.25) is 4.98 Å². The van der Waals surface area contributed by atoms with Crippen LogP contribution in [-0.2, 0) is 6.18 Å². The highest BCUT2D eigenvalue weighted by Gasteiger charge is 2.30. The lowest BCUT2D eigenvalue weighted by Crippen LogP contribution is -2.35. The van der Waals surface area contributed by atoms with Crippen LogP contribution in [-0.4, -0.2) is 22.6 Å². The smallest absolute Gasteiger partial charge is 0.360 e. The molecule has 8 heteroatoms. The SMILES string of the molecule is CCC[C@@H](c1ccc(C(F)(F)F)cc1)[C@@H](N)CNc1ncc(-c2ccc3cnccc3c2)s1. The highest BCUT2D eigenvalue weighted by molar-refractivity contribution is 7.18. The monoisotopic (exact) mass is 470 g/mol. The molecule has 0 bridgehead atoms. The second-order valence-electron chi connectivity index (χ2n) is 8.03. The van der Waals surface area contributed by atoms with E-state index in [0.29, 0.717) is 6.54 Å². The molecule has 0 spiro atoms. The number of rotatable bonds is 8. The Labute approximate surface area is 194 Å². The average Bonchev–Trinajstić information content (AvgIpc) is 3.29. The van der Waals surface area contributed by atoms with Crippen molar-refractivity contribution in [3.05, 3.63) is 78.2 Å². The predicted octanol–water partition coefficient (Wildman–Crippen LogP) is 6.70. The van der Waals surface area contributed by atoms with Crippen LogP contribution in [0.5, 0.6) is 0 Å². The van der Waals surface area contributed by atoms with Crippen molar-refractivity contribution >= 4 is 27.2 Å². The lowest BCUT2D eigenvalue weighted by Gasteiger charge is -2.24. The molecule has 2 aromatic carbocycles. The van der Waals surface area contributed by atoms with Gasteiger partial charge in [-0.1, -0.05) is 48.9 Å². The van der Waals surface area contributed by atoms with Crippen molar-refractivity contribution in [1.29, 1.82) is 0 Å². The molecule has 2 aromatic heterocycles. The van der Waals surface area contributed by atoms with E-state index >= 15 is 0 Å². The Kier molecular flexibility index (Phi) is 6.95. The second kappa shape index (κ2) is 9.89. The summed E-state index contributed by atoms with van der Waals surface area (Å²) >= 11 is 1.54. The van der Waals surface area contributed by atoms with Crippen molar-refractivity contribution in [3.8, 4) is 10.4 Å². The molecule has 4 rings (SSSR count). The van der Waals surface area contributed by atoms with E-state index in [2.05, 4.69) is 27.4 Å². The van der Waals surface area contributed by atoms with Crippen LogP contribution in [0.1, 0.15) is 36.8 Å². The molecule has 0 aliphatic heterocycles. The number of hydrogen-bond donors (Lipinski definition) is 2. The third kappa shape index (κ3) is 5.51. The fourth-order valence-electron chi connectivity index (χ4n) is 3.93. The molecule has 172 valence electrons. The van der Waals surface area contributed by atoms with Crippen LogP contribution in [0.4, 0.5) is 18.3 Å². The molecule has 4 nitrogen and oxygen atoms in total. The summed E-state index contributed by atoms with van der Waals surface area (Å²) in [6.07, 6.45) is 2.79. The number of halogens is 3. The van der Waals surface area contributed by atoms with E-state index in [-0.39, 0.29) is 12.0 Å². The fourth-order valence-corrected chi connectivity index (χ4v) is 4.75. The molecule has 2 atom stereocenters. The van der Waals surface area contributed by atoms with Crippen molar-refractivity contribution in [1.82, 2.24) is 9.97 Å². The zero-order valence-electron chi connectivity index (χ0n) is 18.1. The van der Waals surface area contributed by atoms with Gasteiger partial charge in [-0.15, -0.1) is 0 Å². The van der Waals surface area contributed by atoms with Crippen LogP contribution in [0.25, 0.3) is 21.2 Å². The third-order valence-corrected chi connectivity index (χ3v) is 6.71. The van der Waals surface area contributed by atoms with Crippen LogP contribution < -0.4 is 11.1 Å². The number of alkyl halides is 3. The van der Waals surface area contributed by atoms with Gasteiger partial charge in [0.15, 0.2) is 5.13 Å². The highest BCUT2D eigenvalue weighted by atomic mass is 32.1. The Bertz CT molecular complexity index is 1200. The second-order valence-corrected chi connectivity index (χ2v) is 9.06. The molecule has 4 aromatic rings. The summed E-state index contributed by atoms with van der Waals surface area (Å²) in [7, 11) is 0. The fraction of sp³-hybridized carbons (Fsp3) is 0.280. The van der Waals surface area contributed by atoms with Gasteiger partial charge in [0, 0.05) is 42.5 Å². The van der Waals surface area contributed by atoms with E-state index in [0.717, 1.165) is 56.9 Å². The van der Waals surface area contributed by atoms with Gasteiger partial charge in [0.25, 0.3) is 0 Å². The van der Waals surface area contributed by atoms with Gasteiger partial charge in [-0.25, -0.2) is 4.98 Å². The van der Waals surface area contributed by atoms with Crippen LogP contribution >= 0.6 is 11.3 Å². The Morgan fingerprint density at radius 2 is 1.82 bits per heavy atom. The van der Waals surface area contributed by atoms with E-state index in [1.54, 1.807) is 29.7 Å².